The van der Waals surface area contributed by atoms with Crippen LogP contribution < -0.4 is 5.56 Å². The van der Waals surface area contributed by atoms with Crippen LogP contribution in [0.15, 0.2) is 41.3 Å². The van der Waals surface area contributed by atoms with Gasteiger partial charge < -0.3 is 4.98 Å². The molecule has 1 aromatic heterocycles. The maximum absolute atomic E-state index is 11.1. The highest BCUT2D eigenvalue weighted by atomic mass is 16.1. The van der Waals surface area contributed by atoms with E-state index in [4.69, 9.17) is 0 Å². The van der Waals surface area contributed by atoms with Crippen LogP contribution in [0.2, 0.25) is 0 Å². The molecule has 0 amide bonds. The van der Waals surface area contributed by atoms with Gasteiger partial charge in [-0.25, -0.2) is 4.98 Å². The lowest BCUT2D eigenvalue weighted by Crippen LogP contribution is -2.06. The molecule has 0 aliphatic rings. The number of rotatable bonds is 1. The lowest BCUT2D eigenvalue weighted by atomic mass is 10.1. The fourth-order valence-electron chi connectivity index (χ4n) is 1.35. The number of hydrogen-bond acceptors (Lipinski definition) is 2. The quantitative estimate of drug-likeness (QED) is 0.796. The van der Waals surface area contributed by atoms with Crippen LogP contribution in [0, 0.1) is 6.92 Å². The molecule has 0 fully saturated rings. The van der Waals surface area contributed by atoms with Crippen molar-refractivity contribution in [2.45, 2.75) is 20.8 Å². The smallest absolute Gasteiger partial charge is 0.251 e. The molecule has 0 aliphatic heterocycles. The summed E-state index contributed by atoms with van der Waals surface area (Å²) in [6.07, 6.45) is 1.51. The summed E-state index contributed by atoms with van der Waals surface area (Å²) in [6, 6.07) is 9.22. The van der Waals surface area contributed by atoms with E-state index in [0.717, 1.165) is 11.1 Å². The van der Waals surface area contributed by atoms with Crippen molar-refractivity contribution in [3.05, 3.63) is 52.4 Å². The van der Waals surface area contributed by atoms with Crippen molar-refractivity contribution in [3.63, 3.8) is 0 Å². The van der Waals surface area contributed by atoms with E-state index in [1.165, 1.54) is 12.3 Å². The molecule has 0 atom stereocenters. The van der Waals surface area contributed by atoms with Gasteiger partial charge in [-0.3, -0.25) is 4.79 Å². The molecule has 2 aromatic rings. The second-order valence-electron chi connectivity index (χ2n) is 3.10. The molecule has 3 nitrogen and oxygen atoms in total. The fourth-order valence-corrected chi connectivity index (χ4v) is 1.35. The SMILES string of the molecule is CC.Cc1ccccc1-c1nccc(=O)[nH]1. The second-order valence-corrected chi connectivity index (χ2v) is 3.10. The number of hydrogen-bond donors (Lipinski definition) is 1. The van der Waals surface area contributed by atoms with E-state index in [9.17, 15) is 4.79 Å². The van der Waals surface area contributed by atoms with Gasteiger partial charge in [0, 0.05) is 17.8 Å². The van der Waals surface area contributed by atoms with Gasteiger partial charge in [-0.05, 0) is 12.5 Å². The number of nitrogens with zero attached hydrogens (tertiary/aromatic N) is 1. The monoisotopic (exact) mass is 216 g/mol. The maximum atomic E-state index is 11.1. The Kier molecular flexibility index (Phi) is 4.45. The minimum absolute atomic E-state index is 0.127. The van der Waals surface area contributed by atoms with Crippen LogP contribution in [0.1, 0.15) is 19.4 Å². The Bertz CT molecular complexity index is 503. The molecule has 0 spiro atoms. The standard InChI is InChI=1S/C11H10N2O.C2H6/c1-8-4-2-3-5-9(8)11-12-7-6-10(14)13-11;1-2/h2-7H,1H3,(H,12,13,14);1-2H3. The Labute approximate surface area is 95.2 Å². The largest absolute Gasteiger partial charge is 0.307 e. The van der Waals surface area contributed by atoms with E-state index in [0.29, 0.717) is 5.82 Å². The third kappa shape index (κ3) is 2.79. The van der Waals surface area contributed by atoms with E-state index < -0.39 is 0 Å². The highest BCUT2D eigenvalue weighted by molar-refractivity contribution is 5.59. The normalized spacial score (nSPS) is 9.19. The summed E-state index contributed by atoms with van der Waals surface area (Å²) in [5, 5.41) is 0. The van der Waals surface area contributed by atoms with Gasteiger partial charge in [0.1, 0.15) is 5.82 Å². The third-order valence-electron chi connectivity index (χ3n) is 2.07. The average molecular weight is 216 g/mol. The Balaban J connectivity index is 0.000000606. The van der Waals surface area contributed by atoms with Crippen LogP contribution in [0.4, 0.5) is 0 Å². The van der Waals surface area contributed by atoms with Gasteiger partial charge in [-0.1, -0.05) is 38.1 Å². The zero-order valence-electron chi connectivity index (χ0n) is 9.82. The number of aromatic nitrogens is 2. The molecule has 84 valence electrons. The molecule has 0 radical (unpaired) electrons. The molecule has 1 N–H and O–H groups in total. The molecule has 0 saturated carbocycles. The Morgan fingerprint density at radius 1 is 1.12 bits per heavy atom. The van der Waals surface area contributed by atoms with Crippen molar-refractivity contribution in [2.24, 2.45) is 0 Å². The number of aromatic amines is 1. The van der Waals surface area contributed by atoms with Gasteiger partial charge in [0.2, 0.25) is 0 Å². The molecule has 2 rings (SSSR count). The van der Waals surface area contributed by atoms with Gasteiger partial charge in [0.25, 0.3) is 5.56 Å². The zero-order valence-corrected chi connectivity index (χ0v) is 9.82. The highest BCUT2D eigenvalue weighted by Gasteiger charge is 2.01. The van der Waals surface area contributed by atoms with Gasteiger partial charge in [0.15, 0.2) is 0 Å². The number of aryl methyl sites for hydroxylation is 1. The molecular weight excluding hydrogens is 200 g/mol. The lowest BCUT2D eigenvalue weighted by Gasteiger charge is -2.02. The van der Waals surface area contributed by atoms with Crippen molar-refractivity contribution >= 4 is 0 Å². The zero-order chi connectivity index (χ0) is 12.0. The van der Waals surface area contributed by atoms with Gasteiger partial charge >= 0.3 is 0 Å². The van der Waals surface area contributed by atoms with Crippen molar-refractivity contribution in [1.29, 1.82) is 0 Å². The third-order valence-corrected chi connectivity index (χ3v) is 2.07. The van der Waals surface area contributed by atoms with Crippen LogP contribution in [0.5, 0.6) is 0 Å². The van der Waals surface area contributed by atoms with Crippen molar-refractivity contribution < 1.29 is 0 Å². The summed E-state index contributed by atoms with van der Waals surface area (Å²) in [4.78, 5) is 17.9. The first kappa shape index (κ1) is 12.2. The van der Waals surface area contributed by atoms with Crippen molar-refractivity contribution in [1.82, 2.24) is 9.97 Å². The summed E-state index contributed by atoms with van der Waals surface area (Å²) >= 11 is 0. The summed E-state index contributed by atoms with van der Waals surface area (Å²) in [5.41, 5.74) is 1.94. The van der Waals surface area contributed by atoms with Crippen molar-refractivity contribution in [2.75, 3.05) is 0 Å². The topological polar surface area (TPSA) is 45.8 Å². The van der Waals surface area contributed by atoms with Crippen LogP contribution >= 0.6 is 0 Å². The maximum Gasteiger partial charge on any atom is 0.251 e. The first-order valence-electron chi connectivity index (χ1n) is 5.39. The van der Waals surface area contributed by atoms with E-state index >= 15 is 0 Å². The molecule has 16 heavy (non-hydrogen) atoms. The summed E-state index contributed by atoms with van der Waals surface area (Å²) < 4.78 is 0. The average Bonchev–Trinajstić information content (AvgIpc) is 2.32. The van der Waals surface area contributed by atoms with Gasteiger partial charge in [0.05, 0.1) is 0 Å². The molecule has 0 bridgehead atoms. The molecule has 0 aliphatic carbocycles. The minimum Gasteiger partial charge on any atom is -0.307 e. The van der Waals surface area contributed by atoms with Crippen LogP contribution in [0.3, 0.4) is 0 Å². The molecule has 1 aromatic carbocycles. The van der Waals surface area contributed by atoms with Gasteiger partial charge in [-0.2, -0.15) is 0 Å². The number of nitrogens with one attached hydrogen (secondary N) is 1. The first-order valence-corrected chi connectivity index (χ1v) is 5.39. The predicted molar refractivity (Wildman–Crippen MR) is 66.4 cm³/mol. The van der Waals surface area contributed by atoms with Crippen LogP contribution in [0.25, 0.3) is 11.4 Å². The van der Waals surface area contributed by atoms with E-state index in [2.05, 4.69) is 9.97 Å². The first-order chi connectivity index (χ1) is 7.77. The van der Waals surface area contributed by atoms with Gasteiger partial charge in [-0.15, -0.1) is 0 Å². The van der Waals surface area contributed by atoms with Crippen LogP contribution in [-0.4, -0.2) is 9.97 Å². The second kappa shape index (κ2) is 5.85. The Hall–Kier alpha value is -1.90. The summed E-state index contributed by atoms with van der Waals surface area (Å²) in [6.45, 7) is 5.99. The van der Waals surface area contributed by atoms with E-state index in [-0.39, 0.29) is 5.56 Å². The summed E-state index contributed by atoms with van der Waals surface area (Å²) in [7, 11) is 0. The summed E-state index contributed by atoms with van der Waals surface area (Å²) in [5.74, 6) is 0.621. The minimum atomic E-state index is -0.127. The molecule has 0 saturated heterocycles. The predicted octanol–water partition coefficient (Wildman–Crippen LogP) is 2.77. The highest BCUT2D eigenvalue weighted by Crippen LogP contribution is 2.16. The van der Waals surface area contributed by atoms with Crippen molar-refractivity contribution in [3.8, 4) is 11.4 Å². The van der Waals surface area contributed by atoms with E-state index in [1.807, 2.05) is 45.0 Å². The van der Waals surface area contributed by atoms with E-state index in [1.54, 1.807) is 0 Å². The van der Waals surface area contributed by atoms with Crippen LogP contribution in [-0.2, 0) is 0 Å². The Morgan fingerprint density at radius 2 is 1.81 bits per heavy atom. The molecule has 0 unspecified atom stereocenters. The molecule has 3 heteroatoms. The number of H-pyrrole nitrogens is 1. The molecular formula is C13H16N2O. The fraction of sp³-hybridized carbons (Fsp3) is 0.231. The number of benzene rings is 1. The lowest BCUT2D eigenvalue weighted by molar-refractivity contribution is 1.12. The Morgan fingerprint density at radius 3 is 2.44 bits per heavy atom. The molecule has 1 heterocycles.